The van der Waals surface area contributed by atoms with Crippen LogP contribution in [0.15, 0.2) is 0 Å². The van der Waals surface area contributed by atoms with Crippen LogP contribution in [0.3, 0.4) is 0 Å². The number of nitrogens with one attached hydrogen (secondary N) is 2. The van der Waals surface area contributed by atoms with E-state index in [1.807, 2.05) is 0 Å². The average molecular weight is 224 g/mol. The van der Waals surface area contributed by atoms with Gasteiger partial charge in [0.25, 0.3) is 0 Å². The van der Waals surface area contributed by atoms with Gasteiger partial charge >= 0.3 is 0 Å². The third-order valence-corrected chi connectivity index (χ3v) is 0.994. The van der Waals surface area contributed by atoms with E-state index in [1.54, 1.807) is 0 Å². The van der Waals surface area contributed by atoms with Gasteiger partial charge in [-0.3, -0.25) is 0 Å². The summed E-state index contributed by atoms with van der Waals surface area (Å²) in [4.78, 5) is 0. The zero-order chi connectivity index (χ0) is 28.0. The highest BCUT2D eigenvalue weighted by Gasteiger charge is 2.04. The van der Waals surface area contributed by atoms with Crippen LogP contribution in [0, 0.1) is 0 Å². The first-order chi connectivity index (χ1) is 14.7. The SMILES string of the molecule is [2H]OC[C@@]([2H])(N([2H])C([2H])([2H])C([2H])([2H])N([2H])[C@@]([2H])(CO[2H])C([2H])([2H])C([2H])([2H])[2H])C([2H])([2H])C([2H])([2H])[2H]. The van der Waals surface area contributed by atoms with E-state index >= 15 is 0 Å². The van der Waals surface area contributed by atoms with Crippen LogP contribution >= 0.6 is 0 Å². The summed E-state index contributed by atoms with van der Waals surface area (Å²) in [5.74, 6) is 0. The van der Waals surface area contributed by atoms with Crippen LogP contribution in [0.2, 0.25) is 2.82 Å². The van der Waals surface area contributed by atoms with E-state index in [0.29, 0.717) is 0 Å². The molecule has 0 aliphatic rings. The van der Waals surface area contributed by atoms with Crippen LogP contribution in [0.1, 0.15) is 48.4 Å². The molecule has 4 heteroatoms. The Morgan fingerprint density at radius 3 is 2.14 bits per heavy atom. The molecule has 86 valence electrons. The fourth-order valence-corrected chi connectivity index (χ4v) is 0.378. The van der Waals surface area contributed by atoms with Gasteiger partial charge in [-0.25, -0.2) is 0 Å². The lowest BCUT2D eigenvalue weighted by atomic mass is 10.2. The van der Waals surface area contributed by atoms with Gasteiger partial charge in [0.05, 0.1) is 13.2 Å². The molecule has 0 rings (SSSR count). The lowest BCUT2D eigenvalue weighted by Gasteiger charge is -2.17. The summed E-state index contributed by atoms with van der Waals surface area (Å²) in [6.45, 7) is -19.1. The Morgan fingerprint density at radius 2 is 1.79 bits per heavy atom. The molecule has 0 bridgehead atoms. The fraction of sp³-hybridized carbons (Fsp3) is 1.00. The van der Waals surface area contributed by atoms with Gasteiger partial charge in [0, 0.05) is 47.0 Å². The summed E-state index contributed by atoms with van der Waals surface area (Å²) in [5.41, 5.74) is 0. The Bertz CT molecular complexity index is 636. The second-order valence-corrected chi connectivity index (χ2v) is 1.88. The van der Waals surface area contributed by atoms with Crippen molar-refractivity contribution in [2.45, 2.75) is 38.5 Å². The topological polar surface area (TPSA) is 64.5 Å². The number of rotatable bonds is 11. The molecule has 0 aliphatic carbocycles. The smallest absolute Gasteiger partial charge is 0.210 e. The van der Waals surface area contributed by atoms with Crippen molar-refractivity contribution in [3.8, 4) is 0 Å². The molecular formula is C10H24N2O2. The number of aliphatic hydroxyl groups is 2. The molecule has 0 aliphatic heterocycles. The predicted molar refractivity (Wildman–Crippen MR) is 58.3 cm³/mol. The molecule has 0 radical (unpaired) electrons. The van der Waals surface area contributed by atoms with Gasteiger partial charge < -0.3 is 20.8 Å². The third kappa shape index (κ3) is 6.32. The molecule has 0 amide bonds. The van der Waals surface area contributed by atoms with E-state index in [4.69, 9.17) is 27.6 Å². The van der Waals surface area contributed by atoms with E-state index in [1.165, 1.54) is 0 Å². The summed E-state index contributed by atoms with van der Waals surface area (Å²) in [6, 6.07) is -7.39. The van der Waals surface area contributed by atoms with Crippen molar-refractivity contribution in [3.05, 3.63) is 0 Å². The summed E-state index contributed by atoms with van der Waals surface area (Å²) in [6.07, 6.45) is -7.73. The van der Waals surface area contributed by atoms with Crippen molar-refractivity contribution >= 4 is 0 Å². The highest BCUT2D eigenvalue weighted by Crippen LogP contribution is 1.89. The van der Waals surface area contributed by atoms with Crippen molar-refractivity contribution in [3.63, 3.8) is 0 Å². The molecule has 0 unspecified atom stereocenters. The molecule has 0 saturated heterocycles. The van der Waals surface area contributed by atoms with E-state index in [9.17, 15) is 0 Å². The first-order valence-corrected chi connectivity index (χ1v) is 3.43. The zero-order valence-electron chi connectivity index (χ0n) is 27.1. The number of hydrogen-bond donors (Lipinski definition) is 4. The van der Waals surface area contributed by atoms with E-state index in [-0.39, 0.29) is 0 Å². The first kappa shape index (κ1) is 2.12. The van der Waals surface area contributed by atoms with Gasteiger partial charge in [-0.15, -0.1) is 0 Å². The molecule has 0 aromatic rings. The lowest BCUT2D eigenvalue weighted by Crippen LogP contribution is -2.40. The van der Waals surface area contributed by atoms with Crippen molar-refractivity contribution in [1.82, 2.24) is 10.6 Å². The second-order valence-electron chi connectivity index (χ2n) is 1.88. The fourth-order valence-electron chi connectivity index (χ4n) is 0.378. The lowest BCUT2D eigenvalue weighted by molar-refractivity contribution is 0.229. The maximum Gasteiger partial charge on any atom is 0.210 e. The second kappa shape index (κ2) is 9.40. The number of aliphatic hydroxyl groups excluding tert-OH is 2. The molecule has 0 saturated carbocycles. The minimum Gasteiger partial charge on any atom is -0.395 e. The van der Waals surface area contributed by atoms with Gasteiger partial charge in [0.15, 0.2) is 0 Å². The first-order valence-electron chi connectivity index (χ1n) is 13.1. The maximum absolute atomic E-state index is 8.13. The predicted octanol–water partition coefficient (Wildman–Crippen LogP) is -0.293. The zero-order valence-corrected chi connectivity index (χ0v) is 7.13. The Kier molecular flexibility index (Phi) is 1.42. The number of hydrogen-bond acceptors (Lipinski definition) is 4. The average Bonchev–Trinajstić information content (AvgIpc) is 2.64. The Labute approximate surface area is 115 Å². The van der Waals surface area contributed by atoms with E-state index in [2.05, 4.69) is 10.2 Å². The molecule has 14 heavy (non-hydrogen) atoms. The largest absolute Gasteiger partial charge is 0.395 e. The Hall–Kier alpha value is -0.160. The molecular weight excluding hydrogens is 180 g/mol. The van der Waals surface area contributed by atoms with E-state index < -0.39 is 75.3 Å². The summed E-state index contributed by atoms with van der Waals surface area (Å²) < 4.78 is 152. The highest BCUT2D eigenvalue weighted by molar-refractivity contribution is 4.67. The Morgan fingerprint density at radius 1 is 1.29 bits per heavy atom. The highest BCUT2D eigenvalue weighted by atomic mass is 16.3. The molecule has 0 aromatic carbocycles. The van der Waals surface area contributed by atoms with Gasteiger partial charge in [-0.1, -0.05) is 13.7 Å². The Balaban J connectivity index is 6.90. The summed E-state index contributed by atoms with van der Waals surface area (Å²) in [7, 11) is 0. The van der Waals surface area contributed by atoms with Crippen molar-refractivity contribution in [2.75, 3.05) is 26.2 Å². The minimum atomic E-state index is -4.17. The third-order valence-electron chi connectivity index (χ3n) is 0.994. The van der Waals surface area contributed by atoms with Crippen molar-refractivity contribution in [1.29, 1.82) is 2.86 Å². The van der Waals surface area contributed by atoms with Crippen molar-refractivity contribution in [2.24, 2.45) is 0 Å². The van der Waals surface area contributed by atoms with Gasteiger partial charge in [-0.2, -0.15) is 0 Å². The standard InChI is InChI=1S/C10H24N2O2/c1-3-9(7-13)11-5-6-12-10(4-2)8-14/h9-14H,3-8H2,1-2H3/t9-,10+/i1D3,2D3,3D2,4D2,5D2,6D2,9D,10D,13D,14D/hD2. The molecule has 4 nitrogen and oxygen atoms in total. The van der Waals surface area contributed by atoms with Gasteiger partial charge in [-0.05, 0) is 12.7 Å². The minimum absolute atomic E-state index is 0.894. The molecule has 0 spiro atoms. The van der Waals surface area contributed by atoms with E-state index in [0.717, 1.165) is 0 Å². The molecule has 0 aromatic heterocycles. The maximum atomic E-state index is 8.13. The van der Waals surface area contributed by atoms with Crippen LogP contribution in [-0.4, -0.2) is 51.3 Å². The van der Waals surface area contributed by atoms with Crippen LogP contribution in [-0.2, 0) is 0 Å². The van der Waals surface area contributed by atoms with Crippen LogP contribution in [0.5, 0.6) is 0 Å². The quantitative estimate of drug-likeness (QED) is 0.389. The van der Waals surface area contributed by atoms with Gasteiger partial charge in [0.1, 0.15) is 2.82 Å². The van der Waals surface area contributed by atoms with Gasteiger partial charge in [0.2, 0.25) is 2.86 Å². The molecule has 0 heterocycles. The van der Waals surface area contributed by atoms with Crippen molar-refractivity contribution < 1.29 is 35.0 Å². The molecule has 2 atom stereocenters. The summed E-state index contributed by atoms with van der Waals surface area (Å²) >= 11 is 0. The summed E-state index contributed by atoms with van der Waals surface area (Å²) in [5, 5.41) is 5.87. The van der Waals surface area contributed by atoms with Crippen LogP contribution < -0.4 is 10.6 Å². The molecule has 4 N–H and O–H groups in total. The molecule has 0 fully saturated rings. The van der Waals surface area contributed by atoms with Crippen LogP contribution in [0.25, 0.3) is 0 Å². The normalized spacial score (nSPS) is 47.3. The monoisotopic (exact) mass is 224 g/mol. The van der Waals surface area contributed by atoms with Crippen LogP contribution in [0.4, 0.5) is 0 Å².